The molecule has 0 aliphatic heterocycles. The second kappa shape index (κ2) is 8.02. The van der Waals surface area contributed by atoms with Crippen LogP contribution in [-0.4, -0.2) is 13.4 Å². The molecule has 3 nitrogen and oxygen atoms in total. The first-order chi connectivity index (χ1) is 12.6. The van der Waals surface area contributed by atoms with Gasteiger partial charge in [-0.05, 0) is 35.9 Å². The van der Waals surface area contributed by atoms with Crippen molar-refractivity contribution in [3.05, 3.63) is 82.6 Å². The molecule has 0 unspecified atom stereocenters. The predicted octanol–water partition coefficient (Wildman–Crippen LogP) is 5.55. The number of halogens is 2. The maximum atomic E-state index is 13.8. The first-order valence-electron chi connectivity index (χ1n) is 7.92. The van der Waals surface area contributed by atoms with E-state index in [4.69, 9.17) is 21.1 Å². The lowest BCUT2D eigenvalue weighted by molar-refractivity contribution is 0.111. The molecule has 0 aliphatic rings. The lowest BCUT2D eigenvalue weighted by Gasteiger charge is -2.16. The normalized spacial score (nSPS) is 10.4. The maximum absolute atomic E-state index is 13.8. The van der Waals surface area contributed by atoms with Crippen molar-refractivity contribution in [1.82, 2.24) is 0 Å². The van der Waals surface area contributed by atoms with E-state index in [2.05, 4.69) is 0 Å². The highest BCUT2D eigenvalue weighted by Gasteiger charge is 2.19. The van der Waals surface area contributed by atoms with Gasteiger partial charge in [0.2, 0.25) is 0 Å². The Morgan fingerprint density at radius 1 is 1.04 bits per heavy atom. The van der Waals surface area contributed by atoms with Crippen molar-refractivity contribution in [2.75, 3.05) is 7.11 Å². The zero-order chi connectivity index (χ0) is 18.5. The predicted molar refractivity (Wildman–Crippen MR) is 99.6 cm³/mol. The fraction of sp³-hybridized carbons (Fsp3) is 0.0952. The number of ether oxygens (including phenoxy) is 2. The number of rotatable bonds is 6. The molecule has 3 aromatic rings. The fourth-order valence-corrected chi connectivity index (χ4v) is 2.97. The molecule has 3 rings (SSSR count). The molecule has 3 aromatic carbocycles. The summed E-state index contributed by atoms with van der Waals surface area (Å²) in [5.74, 6) is 0.329. The molecule has 0 fully saturated rings. The summed E-state index contributed by atoms with van der Waals surface area (Å²) in [7, 11) is 1.47. The molecule has 0 amide bonds. The summed E-state index contributed by atoms with van der Waals surface area (Å²) in [5.41, 5.74) is 1.98. The van der Waals surface area contributed by atoms with Crippen molar-refractivity contribution >= 4 is 17.9 Å². The summed E-state index contributed by atoms with van der Waals surface area (Å²) in [5, 5.41) is 0.308. The van der Waals surface area contributed by atoms with Crippen LogP contribution >= 0.6 is 11.6 Å². The summed E-state index contributed by atoms with van der Waals surface area (Å²) in [4.78, 5) is 11.8. The van der Waals surface area contributed by atoms with Crippen molar-refractivity contribution in [3.63, 3.8) is 0 Å². The standard InChI is InChI=1S/C21H16ClFO3/c1-25-19-9-7-15(23)11-16(19)21-17(12-24)20(10-8-18(21)22)26-13-14-5-3-2-4-6-14/h2-12H,13H2,1H3. The van der Waals surface area contributed by atoms with Gasteiger partial charge >= 0.3 is 0 Å². The van der Waals surface area contributed by atoms with Crippen LogP contribution in [-0.2, 0) is 6.61 Å². The molecule has 0 saturated heterocycles. The second-order valence-electron chi connectivity index (χ2n) is 5.57. The Balaban J connectivity index is 2.06. The monoisotopic (exact) mass is 370 g/mol. The van der Waals surface area contributed by atoms with Crippen molar-refractivity contribution < 1.29 is 18.7 Å². The fourth-order valence-electron chi connectivity index (χ4n) is 2.70. The van der Waals surface area contributed by atoms with Crippen LogP contribution in [0.25, 0.3) is 11.1 Å². The van der Waals surface area contributed by atoms with Gasteiger partial charge in [-0.1, -0.05) is 41.9 Å². The maximum Gasteiger partial charge on any atom is 0.154 e. The molecule has 0 N–H and O–H groups in total. The number of hydrogen-bond donors (Lipinski definition) is 0. The molecule has 0 bridgehead atoms. The van der Waals surface area contributed by atoms with Gasteiger partial charge in [0.25, 0.3) is 0 Å². The third-order valence-electron chi connectivity index (χ3n) is 3.94. The van der Waals surface area contributed by atoms with Crippen LogP contribution in [0.4, 0.5) is 4.39 Å². The summed E-state index contributed by atoms with van der Waals surface area (Å²) < 4.78 is 24.9. The van der Waals surface area contributed by atoms with E-state index in [1.807, 2.05) is 30.3 Å². The van der Waals surface area contributed by atoms with Gasteiger partial charge in [-0.15, -0.1) is 0 Å². The molecule has 0 heterocycles. The van der Waals surface area contributed by atoms with Crippen LogP contribution in [0.2, 0.25) is 5.02 Å². The second-order valence-corrected chi connectivity index (χ2v) is 5.98. The molecule has 26 heavy (non-hydrogen) atoms. The summed E-state index contributed by atoms with van der Waals surface area (Å²) >= 11 is 6.32. The molecule has 0 spiro atoms. The molecule has 0 radical (unpaired) electrons. The summed E-state index contributed by atoms with van der Waals surface area (Å²) in [6.07, 6.45) is 0.659. The number of hydrogen-bond acceptors (Lipinski definition) is 3. The van der Waals surface area contributed by atoms with E-state index in [1.165, 1.54) is 25.3 Å². The largest absolute Gasteiger partial charge is 0.496 e. The number of carbonyl (C=O) groups excluding carboxylic acids is 1. The minimum atomic E-state index is -0.454. The molecule has 0 aliphatic carbocycles. The van der Waals surface area contributed by atoms with Crippen LogP contribution in [0.15, 0.2) is 60.7 Å². The average Bonchev–Trinajstić information content (AvgIpc) is 2.67. The topological polar surface area (TPSA) is 35.5 Å². The van der Waals surface area contributed by atoms with Gasteiger partial charge in [0.05, 0.1) is 12.7 Å². The van der Waals surface area contributed by atoms with Gasteiger partial charge < -0.3 is 9.47 Å². The van der Waals surface area contributed by atoms with Gasteiger partial charge in [0.1, 0.15) is 23.9 Å². The third kappa shape index (κ3) is 3.70. The Morgan fingerprint density at radius 3 is 2.46 bits per heavy atom. The lowest BCUT2D eigenvalue weighted by Crippen LogP contribution is -2.01. The van der Waals surface area contributed by atoms with Crippen molar-refractivity contribution in [3.8, 4) is 22.6 Å². The van der Waals surface area contributed by atoms with E-state index >= 15 is 0 Å². The Morgan fingerprint density at radius 2 is 1.77 bits per heavy atom. The molecule has 5 heteroatoms. The number of benzene rings is 3. The van der Waals surface area contributed by atoms with Crippen LogP contribution in [0.1, 0.15) is 15.9 Å². The quantitative estimate of drug-likeness (QED) is 0.534. The SMILES string of the molecule is COc1ccc(F)cc1-c1c(Cl)ccc(OCc2ccccc2)c1C=O. The summed E-state index contributed by atoms with van der Waals surface area (Å²) in [6.45, 7) is 0.295. The number of aldehydes is 1. The molecule has 0 aromatic heterocycles. The van der Waals surface area contributed by atoms with Gasteiger partial charge in [-0.2, -0.15) is 0 Å². The first-order valence-corrected chi connectivity index (χ1v) is 8.30. The molecular weight excluding hydrogens is 355 g/mol. The highest BCUT2D eigenvalue weighted by atomic mass is 35.5. The molecule has 132 valence electrons. The van der Waals surface area contributed by atoms with E-state index in [0.29, 0.717) is 40.5 Å². The third-order valence-corrected chi connectivity index (χ3v) is 4.26. The van der Waals surface area contributed by atoms with E-state index in [-0.39, 0.29) is 5.56 Å². The Bertz CT molecular complexity index is 926. The molecule has 0 saturated carbocycles. The lowest BCUT2D eigenvalue weighted by atomic mass is 9.98. The van der Waals surface area contributed by atoms with Crippen LogP contribution < -0.4 is 9.47 Å². The highest BCUT2D eigenvalue weighted by molar-refractivity contribution is 6.34. The van der Waals surface area contributed by atoms with E-state index < -0.39 is 5.82 Å². The molecule has 0 atom stereocenters. The van der Waals surface area contributed by atoms with Crippen molar-refractivity contribution in [1.29, 1.82) is 0 Å². The highest BCUT2D eigenvalue weighted by Crippen LogP contribution is 2.40. The van der Waals surface area contributed by atoms with Crippen molar-refractivity contribution in [2.45, 2.75) is 6.61 Å². The Labute approximate surface area is 155 Å². The molecular formula is C21H16ClFO3. The van der Waals surface area contributed by atoms with Gasteiger partial charge in [0, 0.05) is 16.1 Å². The van der Waals surface area contributed by atoms with Gasteiger partial charge in [0.15, 0.2) is 6.29 Å². The smallest absolute Gasteiger partial charge is 0.154 e. The minimum Gasteiger partial charge on any atom is -0.496 e. The zero-order valence-electron chi connectivity index (χ0n) is 14.0. The average molecular weight is 371 g/mol. The van der Waals surface area contributed by atoms with Crippen LogP contribution in [0.5, 0.6) is 11.5 Å². The van der Waals surface area contributed by atoms with Gasteiger partial charge in [-0.3, -0.25) is 4.79 Å². The number of carbonyl (C=O) groups is 1. The van der Waals surface area contributed by atoms with Crippen molar-refractivity contribution in [2.24, 2.45) is 0 Å². The summed E-state index contributed by atoms with van der Waals surface area (Å²) in [6, 6.07) is 16.9. The van der Waals surface area contributed by atoms with Gasteiger partial charge in [-0.25, -0.2) is 4.39 Å². The zero-order valence-corrected chi connectivity index (χ0v) is 14.8. The minimum absolute atomic E-state index is 0.248. The Kier molecular flexibility index (Phi) is 5.54. The first kappa shape index (κ1) is 18.0. The van der Waals surface area contributed by atoms with E-state index in [1.54, 1.807) is 12.1 Å². The van der Waals surface area contributed by atoms with E-state index in [9.17, 15) is 9.18 Å². The van der Waals surface area contributed by atoms with E-state index in [0.717, 1.165) is 5.56 Å². The Hall–Kier alpha value is -2.85. The van der Waals surface area contributed by atoms with Crippen LogP contribution in [0.3, 0.4) is 0 Å². The number of methoxy groups -OCH3 is 1. The van der Waals surface area contributed by atoms with Crippen LogP contribution in [0, 0.1) is 5.82 Å².